The second-order valence-electron chi connectivity index (χ2n) is 7.36. The zero-order chi connectivity index (χ0) is 21.7. The first-order valence-electron chi connectivity index (χ1n) is 9.02. The Hall–Kier alpha value is -2.14. The van der Waals surface area contributed by atoms with E-state index < -0.39 is 41.5 Å². The highest BCUT2D eigenvalue weighted by atomic mass is 19.4. The van der Waals surface area contributed by atoms with E-state index in [1.807, 2.05) is 0 Å². The number of alkyl halides is 6. The SMILES string of the molecule is OC[C@]12CO[C@H](c3ccc(C(F)(F)F)cc3)N1[C@H](c1ccc(C(F)(F)F)cc1)OC2. The number of ether oxygens (including phenoxy) is 2. The molecule has 4 rings (SSSR count). The Kier molecular flexibility index (Phi) is 5.08. The summed E-state index contributed by atoms with van der Waals surface area (Å²) in [7, 11) is 0. The van der Waals surface area contributed by atoms with Crippen molar-refractivity contribution in [2.24, 2.45) is 0 Å². The van der Waals surface area contributed by atoms with Gasteiger partial charge in [0.15, 0.2) is 0 Å². The lowest BCUT2D eigenvalue weighted by Crippen LogP contribution is -2.47. The van der Waals surface area contributed by atoms with Crippen molar-refractivity contribution in [1.29, 1.82) is 0 Å². The van der Waals surface area contributed by atoms with Gasteiger partial charge in [0.05, 0.1) is 36.5 Å². The topological polar surface area (TPSA) is 41.9 Å². The highest BCUT2D eigenvalue weighted by molar-refractivity contribution is 5.30. The molecule has 0 bridgehead atoms. The number of fused-ring (bicyclic) bond motifs is 1. The molecule has 10 heteroatoms. The van der Waals surface area contributed by atoms with E-state index in [1.54, 1.807) is 4.90 Å². The van der Waals surface area contributed by atoms with E-state index in [0.29, 0.717) is 11.1 Å². The van der Waals surface area contributed by atoms with Gasteiger partial charge in [-0.15, -0.1) is 0 Å². The minimum Gasteiger partial charge on any atom is -0.394 e. The zero-order valence-electron chi connectivity index (χ0n) is 15.4. The van der Waals surface area contributed by atoms with Crippen molar-refractivity contribution >= 4 is 0 Å². The molecule has 0 aliphatic carbocycles. The van der Waals surface area contributed by atoms with Gasteiger partial charge in [0, 0.05) is 0 Å². The summed E-state index contributed by atoms with van der Waals surface area (Å²) in [6, 6.07) is 8.85. The van der Waals surface area contributed by atoms with Crippen molar-refractivity contribution in [3.05, 3.63) is 70.8 Å². The van der Waals surface area contributed by atoms with E-state index in [4.69, 9.17) is 9.47 Å². The molecule has 162 valence electrons. The average Bonchev–Trinajstić information content (AvgIpc) is 3.24. The normalized spacial score (nSPS) is 27.4. The molecule has 0 saturated carbocycles. The molecule has 2 aromatic rings. The Balaban J connectivity index is 1.66. The monoisotopic (exact) mass is 433 g/mol. The first kappa shape index (κ1) is 21.1. The molecule has 3 atom stereocenters. The van der Waals surface area contributed by atoms with Crippen LogP contribution in [0.5, 0.6) is 0 Å². The number of aliphatic hydroxyl groups excluding tert-OH is 1. The van der Waals surface area contributed by atoms with E-state index in [1.165, 1.54) is 24.3 Å². The molecule has 0 aromatic heterocycles. The van der Waals surface area contributed by atoms with Gasteiger partial charge in [-0.2, -0.15) is 26.3 Å². The third kappa shape index (κ3) is 3.58. The van der Waals surface area contributed by atoms with Gasteiger partial charge in [-0.1, -0.05) is 24.3 Å². The average molecular weight is 433 g/mol. The van der Waals surface area contributed by atoms with E-state index >= 15 is 0 Å². The van der Waals surface area contributed by atoms with Gasteiger partial charge >= 0.3 is 12.4 Å². The molecule has 2 aliphatic heterocycles. The zero-order valence-corrected chi connectivity index (χ0v) is 15.4. The van der Waals surface area contributed by atoms with Crippen molar-refractivity contribution in [1.82, 2.24) is 4.90 Å². The minimum absolute atomic E-state index is 0.0618. The quantitative estimate of drug-likeness (QED) is 0.724. The van der Waals surface area contributed by atoms with Gasteiger partial charge in [0.2, 0.25) is 0 Å². The molecule has 2 aliphatic rings. The Bertz CT molecular complexity index is 825. The van der Waals surface area contributed by atoms with Crippen LogP contribution in [0.2, 0.25) is 0 Å². The number of aliphatic hydroxyl groups is 1. The van der Waals surface area contributed by atoms with Crippen LogP contribution in [0.15, 0.2) is 48.5 Å². The van der Waals surface area contributed by atoms with Crippen LogP contribution in [-0.2, 0) is 21.8 Å². The molecule has 0 spiro atoms. The van der Waals surface area contributed by atoms with E-state index in [-0.39, 0.29) is 19.8 Å². The first-order chi connectivity index (χ1) is 14.0. The lowest BCUT2D eigenvalue weighted by Gasteiger charge is -2.33. The highest BCUT2D eigenvalue weighted by Crippen LogP contribution is 2.49. The maximum Gasteiger partial charge on any atom is 0.416 e. The fourth-order valence-corrected chi connectivity index (χ4v) is 3.80. The van der Waals surface area contributed by atoms with Gasteiger partial charge < -0.3 is 14.6 Å². The molecule has 2 heterocycles. The lowest BCUT2D eigenvalue weighted by atomic mass is 10.0. The summed E-state index contributed by atoms with van der Waals surface area (Å²) in [5.41, 5.74) is -1.73. The molecule has 0 unspecified atom stereocenters. The Morgan fingerprint density at radius 2 is 1.13 bits per heavy atom. The van der Waals surface area contributed by atoms with Gasteiger partial charge in [0.25, 0.3) is 0 Å². The Labute approximate surface area is 167 Å². The molecule has 0 amide bonds. The fourth-order valence-electron chi connectivity index (χ4n) is 3.80. The van der Waals surface area contributed by atoms with Crippen LogP contribution in [0.25, 0.3) is 0 Å². The van der Waals surface area contributed by atoms with Crippen molar-refractivity contribution in [3.63, 3.8) is 0 Å². The molecule has 2 fully saturated rings. The van der Waals surface area contributed by atoms with E-state index in [2.05, 4.69) is 0 Å². The Morgan fingerprint density at radius 1 is 0.767 bits per heavy atom. The summed E-state index contributed by atoms with van der Waals surface area (Å²) in [5.74, 6) is 0. The maximum absolute atomic E-state index is 12.9. The molecule has 1 N–H and O–H groups in total. The molecule has 30 heavy (non-hydrogen) atoms. The van der Waals surface area contributed by atoms with E-state index in [9.17, 15) is 31.4 Å². The predicted octanol–water partition coefficient (Wildman–Crippen LogP) is 4.52. The standard InChI is InChI=1S/C20H17F6NO3/c21-19(22,23)14-5-1-12(2-6-14)16-27-17(30-11-18(27,9-28)10-29-16)13-3-7-15(8-4-13)20(24,25)26/h1-8,16-17,28H,9-11H2/t16-,17+,18-. The van der Waals surface area contributed by atoms with Crippen LogP contribution < -0.4 is 0 Å². The second kappa shape index (κ2) is 7.23. The molecule has 2 aromatic carbocycles. The minimum atomic E-state index is -4.48. The van der Waals surface area contributed by atoms with E-state index in [0.717, 1.165) is 24.3 Å². The second-order valence-corrected chi connectivity index (χ2v) is 7.36. The van der Waals surface area contributed by atoms with Gasteiger partial charge in [0.1, 0.15) is 12.5 Å². The van der Waals surface area contributed by atoms with Crippen LogP contribution in [0.3, 0.4) is 0 Å². The number of nitrogens with zero attached hydrogens (tertiary/aromatic N) is 1. The van der Waals surface area contributed by atoms with Crippen molar-refractivity contribution in [2.75, 3.05) is 19.8 Å². The molecule has 4 nitrogen and oxygen atoms in total. The summed E-state index contributed by atoms with van der Waals surface area (Å²) in [6.07, 6.45) is -10.6. The van der Waals surface area contributed by atoms with Crippen molar-refractivity contribution in [2.45, 2.75) is 30.3 Å². The third-order valence-corrected chi connectivity index (χ3v) is 5.41. The van der Waals surface area contributed by atoms with Gasteiger partial charge in [-0.3, -0.25) is 0 Å². The number of hydrogen-bond acceptors (Lipinski definition) is 4. The van der Waals surface area contributed by atoms with Crippen molar-refractivity contribution in [3.8, 4) is 0 Å². The Morgan fingerprint density at radius 3 is 1.43 bits per heavy atom. The van der Waals surface area contributed by atoms with Gasteiger partial charge in [-0.05, 0) is 35.4 Å². The van der Waals surface area contributed by atoms with Crippen LogP contribution in [0.4, 0.5) is 26.3 Å². The fraction of sp³-hybridized carbons (Fsp3) is 0.400. The van der Waals surface area contributed by atoms with Crippen LogP contribution in [-0.4, -0.2) is 35.4 Å². The summed E-state index contributed by atoms with van der Waals surface area (Å²) in [6.45, 7) is -0.222. The van der Waals surface area contributed by atoms with Crippen LogP contribution in [0, 0.1) is 0 Å². The molecule has 0 radical (unpaired) electrons. The largest absolute Gasteiger partial charge is 0.416 e. The number of hydrogen-bond donors (Lipinski definition) is 1. The summed E-state index contributed by atoms with van der Waals surface area (Å²) in [4.78, 5) is 1.66. The number of benzene rings is 2. The summed E-state index contributed by atoms with van der Waals surface area (Å²) in [5, 5.41) is 9.96. The highest BCUT2D eigenvalue weighted by Gasteiger charge is 2.56. The number of rotatable bonds is 3. The van der Waals surface area contributed by atoms with Crippen molar-refractivity contribution < 1.29 is 40.9 Å². The maximum atomic E-state index is 12.9. The molecular weight excluding hydrogens is 416 g/mol. The lowest BCUT2D eigenvalue weighted by molar-refractivity contribution is -0.138. The molecule has 2 saturated heterocycles. The molecular formula is C20H17F6NO3. The smallest absolute Gasteiger partial charge is 0.394 e. The summed E-state index contributed by atoms with van der Waals surface area (Å²) >= 11 is 0. The predicted molar refractivity (Wildman–Crippen MR) is 91.9 cm³/mol. The summed E-state index contributed by atoms with van der Waals surface area (Å²) < 4.78 is 88.7. The third-order valence-electron chi connectivity index (χ3n) is 5.41. The van der Waals surface area contributed by atoms with Crippen LogP contribution >= 0.6 is 0 Å². The van der Waals surface area contributed by atoms with Gasteiger partial charge in [-0.25, -0.2) is 4.90 Å². The number of halogens is 6. The first-order valence-corrected chi connectivity index (χ1v) is 9.02. The van der Waals surface area contributed by atoms with Crippen LogP contribution in [0.1, 0.15) is 34.7 Å².